The summed E-state index contributed by atoms with van der Waals surface area (Å²) in [6.07, 6.45) is 0.995. The summed E-state index contributed by atoms with van der Waals surface area (Å²) >= 11 is 0. The van der Waals surface area contributed by atoms with Crippen molar-refractivity contribution in [3.05, 3.63) is 95.6 Å². The molecule has 7 nitrogen and oxygen atoms in total. The van der Waals surface area contributed by atoms with Gasteiger partial charge < -0.3 is 24.8 Å². The molecular weight excluding hydrogens is 444 g/mol. The van der Waals surface area contributed by atoms with Crippen LogP contribution in [0.2, 0.25) is 0 Å². The molecule has 4 rings (SSSR count). The third-order valence-corrected chi connectivity index (χ3v) is 5.65. The molecule has 0 spiro atoms. The molecule has 0 radical (unpaired) electrons. The molecule has 2 amide bonds. The fourth-order valence-electron chi connectivity index (χ4n) is 3.82. The molecule has 1 atom stereocenters. The van der Waals surface area contributed by atoms with E-state index in [0.29, 0.717) is 45.0 Å². The van der Waals surface area contributed by atoms with Gasteiger partial charge in [0.25, 0.3) is 5.91 Å². The lowest BCUT2D eigenvalue weighted by Gasteiger charge is -2.18. The van der Waals surface area contributed by atoms with E-state index in [0.717, 1.165) is 22.4 Å². The van der Waals surface area contributed by atoms with Crippen molar-refractivity contribution < 1.29 is 23.8 Å². The highest BCUT2D eigenvalue weighted by Crippen LogP contribution is 2.19. The fourth-order valence-corrected chi connectivity index (χ4v) is 3.82. The smallest absolute Gasteiger partial charge is 0.258 e. The highest BCUT2D eigenvalue weighted by Gasteiger charge is 2.22. The largest absolute Gasteiger partial charge is 0.491 e. The van der Waals surface area contributed by atoms with Crippen molar-refractivity contribution in [3.8, 4) is 11.5 Å². The van der Waals surface area contributed by atoms with Crippen LogP contribution in [0.1, 0.15) is 16.7 Å². The number of hydrogen-bond donors (Lipinski definition) is 2. The Morgan fingerprint density at radius 1 is 0.857 bits per heavy atom. The Bertz CT molecular complexity index is 1100. The first-order valence-electron chi connectivity index (χ1n) is 11.8. The van der Waals surface area contributed by atoms with Crippen molar-refractivity contribution >= 4 is 11.8 Å². The van der Waals surface area contributed by atoms with Gasteiger partial charge in [0, 0.05) is 13.0 Å². The van der Waals surface area contributed by atoms with Crippen LogP contribution in [0, 0.1) is 0 Å². The van der Waals surface area contributed by atoms with E-state index in [-0.39, 0.29) is 18.4 Å². The van der Waals surface area contributed by atoms with Gasteiger partial charge in [-0.25, -0.2) is 0 Å². The van der Waals surface area contributed by atoms with Gasteiger partial charge in [0.05, 0.1) is 13.2 Å². The number of amides is 2. The minimum Gasteiger partial charge on any atom is -0.491 e. The zero-order valence-corrected chi connectivity index (χ0v) is 19.6. The molecular formula is C28H30N2O5. The molecule has 3 aromatic rings. The number of fused-ring (bicyclic) bond motifs is 1. The summed E-state index contributed by atoms with van der Waals surface area (Å²) in [5.41, 5.74) is 3.00. The second kappa shape index (κ2) is 12.6. The summed E-state index contributed by atoms with van der Waals surface area (Å²) in [5, 5.41) is 5.72. The maximum Gasteiger partial charge on any atom is 0.258 e. The molecule has 0 fully saturated rings. The van der Waals surface area contributed by atoms with Gasteiger partial charge in [-0.05, 0) is 41.3 Å². The van der Waals surface area contributed by atoms with Crippen LogP contribution in [0.4, 0.5) is 0 Å². The Kier molecular flexibility index (Phi) is 8.73. The van der Waals surface area contributed by atoms with Crippen LogP contribution in [0.3, 0.4) is 0 Å². The van der Waals surface area contributed by atoms with Gasteiger partial charge in [-0.2, -0.15) is 0 Å². The molecule has 0 aliphatic carbocycles. The number of benzene rings is 3. The molecule has 35 heavy (non-hydrogen) atoms. The van der Waals surface area contributed by atoms with Crippen molar-refractivity contribution in [1.29, 1.82) is 0 Å². The van der Waals surface area contributed by atoms with Gasteiger partial charge in [0.1, 0.15) is 24.1 Å². The molecule has 0 saturated heterocycles. The van der Waals surface area contributed by atoms with Gasteiger partial charge in [0.2, 0.25) is 5.91 Å². The molecule has 3 aromatic carbocycles. The number of carbonyl (C=O) groups excluding carboxylic acids is 2. The zero-order chi connectivity index (χ0) is 24.3. The Hall–Kier alpha value is -3.84. The summed E-state index contributed by atoms with van der Waals surface area (Å²) in [6.45, 7) is 1.80. The molecule has 0 bridgehead atoms. The standard InChI is InChI=1S/C28H30N2O5/c31-27-20-35-26-9-5-4-8-23(26)14-15-29-28(32)25(30-27)18-21-10-12-24(13-11-21)34-17-16-33-19-22-6-2-1-3-7-22/h1-13,25H,14-20H2,(H,29,32)(H,30,31)/t25-/m0/s1. The molecule has 0 saturated carbocycles. The fraction of sp³-hybridized carbons (Fsp3) is 0.286. The van der Waals surface area contributed by atoms with Crippen molar-refractivity contribution in [2.24, 2.45) is 0 Å². The molecule has 7 heteroatoms. The predicted octanol–water partition coefficient (Wildman–Crippen LogP) is 3.06. The van der Waals surface area contributed by atoms with Crippen molar-refractivity contribution in [1.82, 2.24) is 10.6 Å². The maximum absolute atomic E-state index is 12.8. The number of rotatable bonds is 8. The van der Waals surface area contributed by atoms with Crippen molar-refractivity contribution in [3.63, 3.8) is 0 Å². The molecule has 0 aromatic heterocycles. The van der Waals surface area contributed by atoms with Crippen LogP contribution in [-0.2, 0) is 33.8 Å². The van der Waals surface area contributed by atoms with E-state index in [1.54, 1.807) is 0 Å². The normalized spacial score (nSPS) is 16.2. The van der Waals surface area contributed by atoms with Crippen LogP contribution in [0.5, 0.6) is 11.5 Å². The first-order valence-corrected chi connectivity index (χ1v) is 11.8. The summed E-state index contributed by atoms with van der Waals surface area (Å²) in [5.74, 6) is 0.835. The summed E-state index contributed by atoms with van der Waals surface area (Å²) in [7, 11) is 0. The monoisotopic (exact) mass is 474 g/mol. The quantitative estimate of drug-likeness (QED) is 0.490. The lowest BCUT2D eigenvalue weighted by Crippen LogP contribution is -2.49. The molecule has 1 heterocycles. The highest BCUT2D eigenvalue weighted by molar-refractivity contribution is 5.88. The lowest BCUT2D eigenvalue weighted by atomic mass is 10.0. The van der Waals surface area contributed by atoms with Crippen LogP contribution in [-0.4, -0.2) is 44.2 Å². The number of hydrogen-bond acceptors (Lipinski definition) is 5. The second-order valence-corrected chi connectivity index (χ2v) is 8.29. The Morgan fingerprint density at radius 3 is 2.46 bits per heavy atom. The maximum atomic E-state index is 12.8. The Balaban J connectivity index is 1.26. The summed E-state index contributed by atoms with van der Waals surface area (Å²) in [4.78, 5) is 25.2. The van der Waals surface area contributed by atoms with E-state index in [1.165, 1.54) is 0 Å². The van der Waals surface area contributed by atoms with Crippen LogP contribution >= 0.6 is 0 Å². The van der Waals surface area contributed by atoms with Gasteiger partial charge in [-0.1, -0.05) is 60.7 Å². The first-order chi connectivity index (χ1) is 17.2. The topological polar surface area (TPSA) is 85.9 Å². The van der Waals surface area contributed by atoms with E-state index in [4.69, 9.17) is 14.2 Å². The second-order valence-electron chi connectivity index (χ2n) is 8.29. The van der Waals surface area contributed by atoms with Crippen LogP contribution in [0.25, 0.3) is 0 Å². The minimum atomic E-state index is -0.689. The molecule has 182 valence electrons. The summed E-state index contributed by atoms with van der Waals surface area (Å²) in [6, 6.07) is 24.4. The number of ether oxygens (including phenoxy) is 3. The minimum absolute atomic E-state index is 0.139. The van der Waals surface area contributed by atoms with Crippen molar-refractivity contribution in [2.45, 2.75) is 25.5 Å². The number of carbonyl (C=O) groups is 2. The van der Waals surface area contributed by atoms with Gasteiger partial charge >= 0.3 is 0 Å². The predicted molar refractivity (Wildman–Crippen MR) is 132 cm³/mol. The van der Waals surface area contributed by atoms with E-state index in [2.05, 4.69) is 10.6 Å². The Labute approximate surface area is 205 Å². The summed E-state index contributed by atoms with van der Waals surface area (Å²) < 4.78 is 17.1. The van der Waals surface area contributed by atoms with Crippen LogP contribution < -0.4 is 20.1 Å². The number of nitrogens with one attached hydrogen (secondary N) is 2. The number of para-hydroxylation sites is 1. The molecule has 1 aliphatic rings. The van der Waals surface area contributed by atoms with Gasteiger partial charge in [-0.3, -0.25) is 9.59 Å². The van der Waals surface area contributed by atoms with Gasteiger partial charge in [-0.15, -0.1) is 0 Å². The van der Waals surface area contributed by atoms with Gasteiger partial charge in [0.15, 0.2) is 6.61 Å². The average Bonchev–Trinajstić information content (AvgIpc) is 2.91. The van der Waals surface area contributed by atoms with E-state index in [9.17, 15) is 9.59 Å². The lowest BCUT2D eigenvalue weighted by molar-refractivity contribution is -0.129. The average molecular weight is 475 g/mol. The highest BCUT2D eigenvalue weighted by atomic mass is 16.5. The molecule has 0 unspecified atom stereocenters. The van der Waals surface area contributed by atoms with E-state index < -0.39 is 6.04 Å². The van der Waals surface area contributed by atoms with Crippen molar-refractivity contribution in [2.75, 3.05) is 26.4 Å². The zero-order valence-electron chi connectivity index (χ0n) is 19.6. The third-order valence-electron chi connectivity index (χ3n) is 5.65. The first kappa shape index (κ1) is 24.3. The van der Waals surface area contributed by atoms with Crippen LogP contribution in [0.15, 0.2) is 78.9 Å². The molecule has 1 aliphatic heterocycles. The SMILES string of the molecule is O=C1COc2ccccc2CCNC(=O)[C@H](Cc2ccc(OCCOCc3ccccc3)cc2)N1. The third kappa shape index (κ3) is 7.58. The Morgan fingerprint density at radius 2 is 1.63 bits per heavy atom. The molecule has 2 N–H and O–H groups in total. The van der Waals surface area contributed by atoms with E-state index >= 15 is 0 Å². The van der Waals surface area contributed by atoms with E-state index in [1.807, 2.05) is 78.9 Å².